The number of aromatic nitrogens is 1. The maximum atomic E-state index is 6.17. The quantitative estimate of drug-likeness (QED) is 0.880. The third-order valence-corrected chi connectivity index (χ3v) is 3.57. The van der Waals surface area contributed by atoms with E-state index >= 15 is 0 Å². The summed E-state index contributed by atoms with van der Waals surface area (Å²) in [5.74, 6) is 0.752. The summed E-state index contributed by atoms with van der Waals surface area (Å²) < 4.78 is 6.40. The third-order valence-electron chi connectivity index (χ3n) is 2.07. The Labute approximate surface area is 96.8 Å². The van der Waals surface area contributed by atoms with Gasteiger partial charge in [0.1, 0.15) is 11.3 Å². The standard InChI is InChI=1S/C10H11ClN2OS/c1-3-14-6-4-5(2)7(11)9-8(6)13-10(12)15-9/h4H,3H2,1-2H3,(H2,12,13). The number of ether oxygens (including phenoxy) is 1. The van der Waals surface area contributed by atoms with Crippen LogP contribution < -0.4 is 10.5 Å². The summed E-state index contributed by atoms with van der Waals surface area (Å²) >= 11 is 7.56. The van der Waals surface area contributed by atoms with Gasteiger partial charge in [0.25, 0.3) is 0 Å². The van der Waals surface area contributed by atoms with Gasteiger partial charge in [0.15, 0.2) is 5.13 Å². The summed E-state index contributed by atoms with van der Waals surface area (Å²) in [6.07, 6.45) is 0. The van der Waals surface area contributed by atoms with Crippen LogP contribution >= 0.6 is 22.9 Å². The topological polar surface area (TPSA) is 48.1 Å². The molecule has 2 rings (SSSR count). The summed E-state index contributed by atoms with van der Waals surface area (Å²) in [7, 11) is 0. The number of nitrogens with zero attached hydrogens (tertiary/aromatic N) is 1. The first-order valence-electron chi connectivity index (χ1n) is 4.61. The molecule has 0 aliphatic rings. The highest BCUT2D eigenvalue weighted by Crippen LogP contribution is 2.38. The first-order valence-corrected chi connectivity index (χ1v) is 5.80. The lowest BCUT2D eigenvalue weighted by molar-refractivity contribution is 0.343. The molecule has 0 radical (unpaired) electrons. The minimum Gasteiger partial charge on any atom is -0.492 e. The minimum atomic E-state index is 0.512. The molecule has 1 aromatic heterocycles. The molecule has 0 bridgehead atoms. The maximum Gasteiger partial charge on any atom is 0.181 e. The zero-order valence-corrected chi connectivity index (χ0v) is 10.1. The fourth-order valence-electron chi connectivity index (χ4n) is 1.43. The van der Waals surface area contributed by atoms with Crippen molar-refractivity contribution in [1.82, 2.24) is 4.98 Å². The van der Waals surface area contributed by atoms with Gasteiger partial charge in [-0.05, 0) is 25.5 Å². The summed E-state index contributed by atoms with van der Waals surface area (Å²) in [4.78, 5) is 4.22. The molecule has 1 heterocycles. The number of hydrogen-bond acceptors (Lipinski definition) is 4. The molecule has 80 valence electrons. The number of aryl methyl sites for hydroxylation is 1. The van der Waals surface area contributed by atoms with Gasteiger partial charge in [0, 0.05) is 0 Å². The molecule has 0 fully saturated rings. The molecule has 0 saturated heterocycles. The van der Waals surface area contributed by atoms with E-state index in [1.165, 1.54) is 11.3 Å². The highest BCUT2D eigenvalue weighted by Gasteiger charge is 2.13. The fraction of sp³-hybridized carbons (Fsp3) is 0.300. The van der Waals surface area contributed by atoms with Gasteiger partial charge in [-0.1, -0.05) is 22.9 Å². The van der Waals surface area contributed by atoms with E-state index in [-0.39, 0.29) is 0 Å². The van der Waals surface area contributed by atoms with Crippen LogP contribution in [0.5, 0.6) is 5.75 Å². The number of thiazole rings is 1. The van der Waals surface area contributed by atoms with Crippen molar-refractivity contribution < 1.29 is 4.74 Å². The van der Waals surface area contributed by atoms with Crippen LogP contribution in [0.2, 0.25) is 5.02 Å². The Morgan fingerprint density at radius 3 is 3.00 bits per heavy atom. The van der Waals surface area contributed by atoms with E-state index in [0.717, 1.165) is 21.5 Å². The van der Waals surface area contributed by atoms with Crippen molar-refractivity contribution in [1.29, 1.82) is 0 Å². The van der Waals surface area contributed by atoms with E-state index in [4.69, 9.17) is 22.1 Å². The van der Waals surface area contributed by atoms with Crippen LogP contribution in [-0.4, -0.2) is 11.6 Å². The fourth-order valence-corrected chi connectivity index (χ4v) is 2.52. The lowest BCUT2D eigenvalue weighted by atomic mass is 10.2. The minimum absolute atomic E-state index is 0.512. The lowest BCUT2D eigenvalue weighted by Crippen LogP contribution is -1.93. The van der Waals surface area contributed by atoms with Gasteiger partial charge in [-0.3, -0.25) is 0 Å². The van der Waals surface area contributed by atoms with Crippen LogP contribution in [0.4, 0.5) is 5.13 Å². The van der Waals surface area contributed by atoms with Crippen LogP contribution in [0.3, 0.4) is 0 Å². The first kappa shape index (κ1) is 10.5. The summed E-state index contributed by atoms with van der Waals surface area (Å²) in [5, 5.41) is 1.22. The van der Waals surface area contributed by atoms with Crippen LogP contribution in [0.25, 0.3) is 10.2 Å². The van der Waals surface area contributed by atoms with Gasteiger partial charge >= 0.3 is 0 Å². The second kappa shape index (κ2) is 3.87. The molecule has 15 heavy (non-hydrogen) atoms. The van der Waals surface area contributed by atoms with Gasteiger partial charge in [-0.25, -0.2) is 4.98 Å². The summed E-state index contributed by atoms with van der Waals surface area (Å²) in [6.45, 7) is 4.49. The van der Waals surface area contributed by atoms with Crippen molar-refractivity contribution in [3.63, 3.8) is 0 Å². The largest absolute Gasteiger partial charge is 0.492 e. The second-order valence-corrected chi connectivity index (χ2v) is 4.58. The molecule has 0 atom stereocenters. The van der Waals surface area contributed by atoms with E-state index in [1.807, 2.05) is 19.9 Å². The van der Waals surface area contributed by atoms with Crippen molar-refractivity contribution >= 4 is 38.3 Å². The number of halogens is 1. The van der Waals surface area contributed by atoms with Crippen LogP contribution in [-0.2, 0) is 0 Å². The molecule has 5 heteroatoms. The molecule has 1 aromatic carbocycles. The predicted molar refractivity (Wildman–Crippen MR) is 64.9 cm³/mol. The normalized spacial score (nSPS) is 10.9. The van der Waals surface area contributed by atoms with Gasteiger partial charge < -0.3 is 10.5 Å². The van der Waals surface area contributed by atoms with Crippen molar-refractivity contribution in [2.24, 2.45) is 0 Å². The molecule has 0 aliphatic heterocycles. The van der Waals surface area contributed by atoms with Crippen LogP contribution in [0.1, 0.15) is 12.5 Å². The van der Waals surface area contributed by atoms with E-state index in [2.05, 4.69) is 4.98 Å². The Morgan fingerprint density at radius 2 is 2.33 bits per heavy atom. The Morgan fingerprint density at radius 1 is 1.60 bits per heavy atom. The van der Waals surface area contributed by atoms with E-state index in [1.54, 1.807) is 0 Å². The molecule has 3 nitrogen and oxygen atoms in total. The zero-order valence-electron chi connectivity index (χ0n) is 8.50. The van der Waals surface area contributed by atoms with Crippen molar-refractivity contribution in [3.05, 3.63) is 16.7 Å². The highest BCUT2D eigenvalue weighted by molar-refractivity contribution is 7.22. The average Bonchev–Trinajstić information content (AvgIpc) is 2.57. The van der Waals surface area contributed by atoms with E-state index < -0.39 is 0 Å². The van der Waals surface area contributed by atoms with Crippen LogP contribution in [0.15, 0.2) is 6.07 Å². The van der Waals surface area contributed by atoms with Gasteiger partial charge in [0.2, 0.25) is 0 Å². The monoisotopic (exact) mass is 242 g/mol. The van der Waals surface area contributed by atoms with Crippen LogP contribution in [0, 0.1) is 6.92 Å². The van der Waals surface area contributed by atoms with Crippen molar-refractivity contribution in [2.75, 3.05) is 12.3 Å². The molecule has 0 amide bonds. The Bertz CT molecular complexity index is 510. The predicted octanol–water partition coefficient (Wildman–Crippen LogP) is 3.24. The maximum absolute atomic E-state index is 6.17. The number of fused-ring (bicyclic) bond motifs is 1. The molecule has 0 aliphatic carbocycles. The molecule has 2 N–H and O–H groups in total. The molecule has 0 saturated carbocycles. The number of nitrogens with two attached hydrogens (primary N) is 1. The average molecular weight is 243 g/mol. The first-order chi connectivity index (χ1) is 7.13. The van der Waals surface area contributed by atoms with E-state index in [9.17, 15) is 0 Å². The van der Waals surface area contributed by atoms with Gasteiger partial charge in [-0.2, -0.15) is 0 Å². The Kier molecular flexibility index (Phi) is 2.71. The third kappa shape index (κ3) is 1.75. The molecule has 0 unspecified atom stereocenters. The molecule has 2 aromatic rings. The molecular formula is C10H11ClN2OS. The number of anilines is 1. The second-order valence-electron chi connectivity index (χ2n) is 3.17. The highest BCUT2D eigenvalue weighted by atomic mass is 35.5. The Hall–Kier alpha value is -1.00. The van der Waals surface area contributed by atoms with Crippen molar-refractivity contribution in [2.45, 2.75) is 13.8 Å². The Balaban J connectivity index is 2.75. The number of nitrogen functional groups attached to an aromatic ring is 1. The number of rotatable bonds is 2. The number of hydrogen-bond donors (Lipinski definition) is 1. The smallest absolute Gasteiger partial charge is 0.181 e. The van der Waals surface area contributed by atoms with Crippen molar-refractivity contribution in [3.8, 4) is 5.75 Å². The SMILES string of the molecule is CCOc1cc(C)c(Cl)c2sc(N)nc12. The number of benzene rings is 1. The van der Waals surface area contributed by atoms with Gasteiger partial charge in [0.05, 0.1) is 16.3 Å². The summed E-state index contributed by atoms with van der Waals surface area (Å²) in [6, 6.07) is 1.90. The zero-order chi connectivity index (χ0) is 11.0. The molecule has 0 spiro atoms. The summed E-state index contributed by atoms with van der Waals surface area (Å²) in [5.41, 5.74) is 7.41. The molecular weight excluding hydrogens is 232 g/mol. The van der Waals surface area contributed by atoms with Gasteiger partial charge in [-0.15, -0.1) is 0 Å². The lowest BCUT2D eigenvalue weighted by Gasteiger charge is -2.06. The van der Waals surface area contributed by atoms with E-state index in [0.29, 0.717) is 16.8 Å².